The normalized spacial score (nSPS) is 21.3. The SMILES string of the molecule is COc1ccc(CCN2CC(C(=O)N3CCN(CC(=O)NC4CC4)CC3)CC2=O)cc1OC. The van der Waals surface area contributed by atoms with Gasteiger partial charge in [-0.1, -0.05) is 6.07 Å². The van der Waals surface area contributed by atoms with Gasteiger partial charge >= 0.3 is 0 Å². The van der Waals surface area contributed by atoms with Crippen LogP contribution in [0.25, 0.3) is 0 Å². The smallest absolute Gasteiger partial charge is 0.234 e. The van der Waals surface area contributed by atoms with Crippen LogP contribution in [0.2, 0.25) is 0 Å². The van der Waals surface area contributed by atoms with Gasteiger partial charge in [0.15, 0.2) is 11.5 Å². The summed E-state index contributed by atoms with van der Waals surface area (Å²) < 4.78 is 10.6. The fraction of sp³-hybridized carbons (Fsp3) is 0.625. The Morgan fingerprint density at radius 2 is 1.79 bits per heavy atom. The molecule has 2 heterocycles. The van der Waals surface area contributed by atoms with Crippen LogP contribution in [0.1, 0.15) is 24.8 Å². The van der Waals surface area contributed by atoms with Crippen LogP contribution >= 0.6 is 0 Å². The zero-order valence-electron chi connectivity index (χ0n) is 19.5. The fourth-order valence-corrected chi connectivity index (χ4v) is 4.54. The zero-order chi connectivity index (χ0) is 23.4. The molecule has 2 aliphatic heterocycles. The summed E-state index contributed by atoms with van der Waals surface area (Å²) >= 11 is 0. The molecule has 2 saturated heterocycles. The van der Waals surface area contributed by atoms with E-state index in [1.165, 1.54) is 0 Å². The summed E-state index contributed by atoms with van der Waals surface area (Å²) in [6.45, 7) is 4.01. The molecule has 0 radical (unpaired) electrons. The number of benzene rings is 1. The molecule has 1 N–H and O–H groups in total. The van der Waals surface area contributed by atoms with Gasteiger partial charge in [0, 0.05) is 51.7 Å². The lowest BCUT2D eigenvalue weighted by atomic mass is 10.1. The van der Waals surface area contributed by atoms with Crippen LogP contribution in [-0.2, 0) is 20.8 Å². The average molecular weight is 459 g/mol. The molecule has 180 valence electrons. The van der Waals surface area contributed by atoms with E-state index in [1.54, 1.807) is 19.1 Å². The first kappa shape index (κ1) is 23.4. The Bertz CT molecular complexity index is 880. The number of rotatable bonds is 9. The molecule has 0 aromatic heterocycles. The van der Waals surface area contributed by atoms with Crippen molar-refractivity contribution in [3.8, 4) is 11.5 Å². The van der Waals surface area contributed by atoms with E-state index in [9.17, 15) is 14.4 Å². The van der Waals surface area contributed by atoms with E-state index in [1.807, 2.05) is 23.1 Å². The molecule has 1 aromatic rings. The first-order valence-electron chi connectivity index (χ1n) is 11.8. The minimum Gasteiger partial charge on any atom is -0.493 e. The summed E-state index contributed by atoms with van der Waals surface area (Å²) in [6.07, 6.45) is 3.13. The van der Waals surface area contributed by atoms with E-state index in [4.69, 9.17) is 9.47 Å². The number of methoxy groups -OCH3 is 2. The highest BCUT2D eigenvalue weighted by Crippen LogP contribution is 2.28. The first-order valence-corrected chi connectivity index (χ1v) is 11.8. The average Bonchev–Trinajstić information content (AvgIpc) is 3.56. The van der Waals surface area contributed by atoms with Crippen molar-refractivity contribution in [3.63, 3.8) is 0 Å². The molecule has 33 heavy (non-hydrogen) atoms. The van der Waals surface area contributed by atoms with Gasteiger partial charge in [-0.05, 0) is 37.0 Å². The summed E-state index contributed by atoms with van der Waals surface area (Å²) in [6, 6.07) is 6.12. The molecule has 3 fully saturated rings. The van der Waals surface area contributed by atoms with Gasteiger partial charge in [-0.25, -0.2) is 0 Å². The summed E-state index contributed by atoms with van der Waals surface area (Å²) in [4.78, 5) is 43.3. The molecule has 9 nitrogen and oxygen atoms in total. The predicted molar refractivity (Wildman–Crippen MR) is 122 cm³/mol. The minimum absolute atomic E-state index is 0.0317. The monoisotopic (exact) mass is 458 g/mol. The molecule has 1 aliphatic carbocycles. The van der Waals surface area contributed by atoms with Gasteiger partial charge in [-0.2, -0.15) is 0 Å². The quantitative estimate of drug-likeness (QED) is 0.580. The van der Waals surface area contributed by atoms with Gasteiger partial charge in [0.25, 0.3) is 0 Å². The van der Waals surface area contributed by atoms with Gasteiger partial charge in [0.1, 0.15) is 0 Å². The second-order valence-electron chi connectivity index (χ2n) is 9.12. The van der Waals surface area contributed by atoms with Crippen molar-refractivity contribution in [1.29, 1.82) is 0 Å². The van der Waals surface area contributed by atoms with Crippen LogP contribution in [0.15, 0.2) is 18.2 Å². The van der Waals surface area contributed by atoms with Gasteiger partial charge in [0.05, 0.1) is 26.7 Å². The number of nitrogens with one attached hydrogen (secondary N) is 1. The highest BCUT2D eigenvalue weighted by Gasteiger charge is 2.37. The van der Waals surface area contributed by atoms with Crippen molar-refractivity contribution in [2.75, 3.05) is 60.0 Å². The maximum absolute atomic E-state index is 13.0. The lowest BCUT2D eigenvalue weighted by Gasteiger charge is -2.35. The van der Waals surface area contributed by atoms with Crippen LogP contribution in [-0.4, -0.2) is 98.5 Å². The summed E-state index contributed by atoms with van der Waals surface area (Å²) in [5.41, 5.74) is 1.05. The summed E-state index contributed by atoms with van der Waals surface area (Å²) in [7, 11) is 3.20. The Kier molecular flexibility index (Phi) is 7.37. The third kappa shape index (κ3) is 5.96. The lowest BCUT2D eigenvalue weighted by molar-refractivity contribution is -0.137. The van der Waals surface area contributed by atoms with E-state index in [2.05, 4.69) is 10.2 Å². The van der Waals surface area contributed by atoms with Crippen LogP contribution in [0.5, 0.6) is 11.5 Å². The Labute approximate surface area is 195 Å². The van der Waals surface area contributed by atoms with Crippen LogP contribution in [0.4, 0.5) is 0 Å². The van der Waals surface area contributed by atoms with E-state index >= 15 is 0 Å². The number of hydrogen-bond acceptors (Lipinski definition) is 6. The lowest BCUT2D eigenvalue weighted by Crippen LogP contribution is -2.52. The molecule has 9 heteroatoms. The van der Waals surface area contributed by atoms with Crippen LogP contribution < -0.4 is 14.8 Å². The molecular weight excluding hydrogens is 424 g/mol. The molecule has 1 aromatic carbocycles. The third-order valence-electron chi connectivity index (χ3n) is 6.68. The predicted octanol–water partition coefficient (Wildman–Crippen LogP) is 0.518. The standard InChI is InChI=1S/C24H34N4O5/c1-32-20-6-3-17(13-21(20)33-2)7-8-28-15-18(14-23(28)30)24(31)27-11-9-26(10-12-27)16-22(29)25-19-4-5-19/h3,6,13,18-19H,4-5,7-12,14-16H2,1-2H3,(H,25,29). The number of carbonyl (C=O) groups excluding carboxylic acids is 3. The van der Waals surface area contributed by atoms with E-state index in [-0.39, 0.29) is 30.1 Å². The number of hydrogen-bond donors (Lipinski definition) is 1. The van der Waals surface area contributed by atoms with Crippen LogP contribution in [0.3, 0.4) is 0 Å². The van der Waals surface area contributed by atoms with Crippen LogP contribution in [0, 0.1) is 5.92 Å². The maximum Gasteiger partial charge on any atom is 0.234 e. The van der Waals surface area contributed by atoms with E-state index in [0.29, 0.717) is 69.8 Å². The van der Waals surface area contributed by atoms with E-state index in [0.717, 1.165) is 18.4 Å². The number of carbonyl (C=O) groups is 3. The van der Waals surface area contributed by atoms with Gasteiger partial charge in [0.2, 0.25) is 17.7 Å². The Morgan fingerprint density at radius 1 is 1.06 bits per heavy atom. The van der Waals surface area contributed by atoms with Gasteiger partial charge < -0.3 is 24.6 Å². The third-order valence-corrected chi connectivity index (χ3v) is 6.68. The van der Waals surface area contributed by atoms with Crippen molar-refractivity contribution in [1.82, 2.24) is 20.0 Å². The first-order chi connectivity index (χ1) is 16.0. The van der Waals surface area contributed by atoms with Crippen molar-refractivity contribution in [3.05, 3.63) is 23.8 Å². The number of piperazine rings is 1. The molecule has 0 spiro atoms. The molecular formula is C24H34N4O5. The minimum atomic E-state index is -0.285. The fourth-order valence-electron chi connectivity index (χ4n) is 4.54. The largest absolute Gasteiger partial charge is 0.493 e. The Morgan fingerprint density at radius 3 is 2.45 bits per heavy atom. The van der Waals surface area contributed by atoms with E-state index < -0.39 is 0 Å². The zero-order valence-corrected chi connectivity index (χ0v) is 19.5. The van der Waals surface area contributed by atoms with Crippen molar-refractivity contribution >= 4 is 17.7 Å². The summed E-state index contributed by atoms with van der Waals surface area (Å²) in [5.74, 6) is 1.22. The van der Waals surface area contributed by atoms with Crippen molar-refractivity contribution in [2.45, 2.75) is 31.7 Å². The van der Waals surface area contributed by atoms with Crippen molar-refractivity contribution < 1.29 is 23.9 Å². The summed E-state index contributed by atoms with van der Waals surface area (Å²) in [5, 5.41) is 3.01. The second kappa shape index (κ2) is 10.4. The maximum atomic E-state index is 13.0. The number of likely N-dealkylation sites (tertiary alicyclic amines) is 1. The van der Waals surface area contributed by atoms with Gasteiger partial charge in [-0.15, -0.1) is 0 Å². The Hall–Kier alpha value is -2.81. The molecule has 3 amide bonds. The highest BCUT2D eigenvalue weighted by atomic mass is 16.5. The molecule has 3 aliphatic rings. The molecule has 0 bridgehead atoms. The Balaban J connectivity index is 1.22. The van der Waals surface area contributed by atoms with Crippen molar-refractivity contribution in [2.24, 2.45) is 5.92 Å². The molecule has 1 atom stereocenters. The number of amides is 3. The highest BCUT2D eigenvalue weighted by molar-refractivity contribution is 5.89. The number of ether oxygens (including phenoxy) is 2. The topological polar surface area (TPSA) is 91.4 Å². The second-order valence-corrected chi connectivity index (χ2v) is 9.12. The molecule has 1 saturated carbocycles. The molecule has 1 unspecified atom stereocenters. The molecule has 4 rings (SSSR count). The van der Waals surface area contributed by atoms with Gasteiger partial charge in [-0.3, -0.25) is 19.3 Å². The number of nitrogens with zero attached hydrogens (tertiary/aromatic N) is 3.